The van der Waals surface area contributed by atoms with Gasteiger partial charge < -0.3 is 0 Å². The van der Waals surface area contributed by atoms with Crippen LogP contribution in [0.4, 0.5) is 0 Å². The summed E-state index contributed by atoms with van der Waals surface area (Å²) in [6.45, 7) is 1.95. The van der Waals surface area contributed by atoms with E-state index in [4.69, 9.17) is 23.2 Å². The number of carbonyl (C=O) groups is 1. The van der Waals surface area contributed by atoms with Gasteiger partial charge in [0.25, 0.3) is 0 Å². The van der Waals surface area contributed by atoms with E-state index in [1.165, 1.54) is 0 Å². The highest BCUT2D eigenvalue weighted by molar-refractivity contribution is 6.69. The average Bonchev–Trinajstić information content (AvgIpc) is 1.67. The maximum absolute atomic E-state index is 10.2. The van der Waals surface area contributed by atoms with Gasteiger partial charge in [-0.2, -0.15) is 0 Å². The topological polar surface area (TPSA) is 17.1 Å². The lowest BCUT2D eigenvalue weighted by atomic mass is 10.3. The summed E-state index contributed by atoms with van der Waals surface area (Å²) in [7, 11) is 0. The second-order valence-corrected chi connectivity index (χ2v) is 2.46. The molecule has 0 saturated heterocycles. The SMILES string of the molecule is CCC[C@H](Cl)C(=O)Cl. The van der Waals surface area contributed by atoms with E-state index in [1.807, 2.05) is 6.92 Å². The van der Waals surface area contributed by atoms with E-state index >= 15 is 0 Å². The molecule has 0 aliphatic heterocycles. The molecule has 1 atom stereocenters. The molecule has 0 fully saturated rings. The van der Waals surface area contributed by atoms with Gasteiger partial charge in [0.15, 0.2) is 0 Å². The first-order valence-electron chi connectivity index (χ1n) is 2.52. The van der Waals surface area contributed by atoms with Crippen LogP contribution in [0.25, 0.3) is 0 Å². The third kappa shape index (κ3) is 3.28. The summed E-state index contributed by atoms with van der Waals surface area (Å²) in [5.41, 5.74) is 0. The third-order valence-electron chi connectivity index (χ3n) is 0.788. The van der Waals surface area contributed by atoms with Crippen molar-refractivity contribution in [2.75, 3.05) is 0 Å². The molecule has 0 aliphatic carbocycles. The van der Waals surface area contributed by atoms with Crippen molar-refractivity contribution in [3.05, 3.63) is 0 Å². The minimum atomic E-state index is -0.485. The van der Waals surface area contributed by atoms with Gasteiger partial charge in [0, 0.05) is 0 Å². The monoisotopic (exact) mass is 154 g/mol. The summed E-state index contributed by atoms with van der Waals surface area (Å²) in [5, 5.41) is -0.935. The predicted octanol–water partition coefficient (Wildman–Crippen LogP) is 2.16. The molecule has 0 N–H and O–H groups in total. The van der Waals surface area contributed by atoms with Crippen LogP contribution in [0.15, 0.2) is 0 Å². The number of halogens is 2. The van der Waals surface area contributed by atoms with Crippen LogP contribution in [-0.4, -0.2) is 10.6 Å². The van der Waals surface area contributed by atoms with Crippen molar-refractivity contribution < 1.29 is 4.79 Å². The molecule has 0 aliphatic rings. The second-order valence-electron chi connectivity index (χ2n) is 1.56. The van der Waals surface area contributed by atoms with E-state index < -0.39 is 10.6 Å². The zero-order valence-electron chi connectivity index (χ0n) is 4.66. The van der Waals surface area contributed by atoms with Crippen molar-refractivity contribution in [3.8, 4) is 0 Å². The Bertz CT molecular complexity index is 82.5. The van der Waals surface area contributed by atoms with Crippen LogP contribution in [0.5, 0.6) is 0 Å². The highest BCUT2D eigenvalue weighted by atomic mass is 35.5. The van der Waals surface area contributed by atoms with Gasteiger partial charge in [0.05, 0.1) is 0 Å². The summed E-state index contributed by atoms with van der Waals surface area (Å²) >= 11 is 10.5. The van der Waals surface area contributed by atoms with Crippen molar-refractivity contribution in [3.63, 3.8) is 0 Å². The van der Waals surface area contributed by atoms with Gasteiger partial charge in [-0.25, -0.2) is 0 Å². The molecule has 0 aromatic carbocycles. The maximum atomic E-state index is 10.2. The maximum Gasteiger partial charge on any atom is 0.239 e. The van der Waals surface area contributed by atoms with Crippen LogP contribution in [0, 0.1) is 0 Å². The average molecular weight is 155 g/mol. The van der Waals surface area contributed by atoms with Gasteiger partial charge in [0.2, 0.25) is 5.24 Å². The Hall–Kier alpha value is 0.250. The number of hydrogen-bond acceptors (Lipinski definition) is 1. The molecule has 8 heavy (non-hydrogen) atoms. The van der Waals surface area contributed by atoms with Gasteiger partial charge in [0.1, 0.15) is 5.38 Å². The molecule has 0 unspecified atom stereocenters. The van der Waals surface area contributed by atoms with Crippen molar-refractivity contribution >= 4 is 28.4 Å². The van der Waals surface area contributed by atoms with E-state index in [-0.39, 0.29) is 0 Å². The Kier molecular flexibility index (Phi) is 4.29. The van der Waals surface area contributed by atoms with Gasteiger partial charge in [-0.15, -0.1) is 11.6 Å². The summed E-state index contributed by atoms with van der Waals surface area (Å²) < 4.78 is 0. The largest absolute Gasteiger partial charge is 0.280 e. The molecule has 0 aromatic heterocycles. The minimum absolute atomic E-state index is 0.450. The first-order chi connectivity index (χ1) is 3.68. The van der Waals surface area contributed by atoms with Gasteiger partial charge in [-0.3, -0.25) is 4.79 Å². The molecule has 48 valence electrons. The molecule has 0 saturated carbocycles. The standard InChI is InChI=1S/C5H8Cl2O/c1-2-3-4(6)5(7)8/h4H,2-3H2,1H3/t4-/m0/s1. The van der Waals surface area contributed by atoms with Crippen LogP contribution in [-0.2, 0) is 4.79 Å². The van der Waals surface area contributed by atoms with Gasteiger partial charge in [-0.05, 0) is 18.0 Å². The quantitative estimate of drug-likeness (QED) is 0.450. The first-order valence-corrected chi connectivity index (χ1v) is 3.33. The Balaban J connectivity index is 3.32. The fourth-order valence-corrected chi connectivity index (χ4v) is 0.694. The predicted molar refractivity (Wildman–Crippen MR) is 35.4 cm³/mol. The minimum Gasteiger partial charge on any atom is -0.280 e. The lowest BCUT2D eigenvalue weighted by Crippen LogP contribution is -2.05. The van der Waals surface area contributed by atoms with E-state index in [1.54, 1.807) is 0 Å². The number of hydrogen-bond donors (Lipinski definition) is 0. The molecule has 3 heteroatoms. The number of alkyl halides is 1. The van der Waals surface area contributed by atoms with Crippen LogP contribution >= 0.6 is 23.2 Å². The Morgan fingerprint density at radius 2 is 2.25 bits per heavy atom. The normalized spacial score (nSPS) is 13.4. The smallest absolute Gasteiger partial charge is 0.239 e. The summed E-state index contributed by atoms with van der Waals surface area (Å²) in [5.74, 6) is 0. The number of rotatable bonds is 3. The lowest BCUT2D eigenvalue weighted by molar-refractivity contribution is -0.111. The van der Waals surface area contributed by atoms with E-state index in [9.17, 15) is 4.79 Å². The van der Waals surface area contributed by atoms with E-state index in [2.05, 4.69) is 0 Å². The van der Waals surface area contributed by atoms with E-state index in [0.717, 1.165) is 6.42 Å². The summed E-state index contributed by atoms with van der Waals surface area (Å²) in [4.78, 5) is 10.2. The van der Waals surface area contributed by atoms with Crippen molar-refractivity contribution in [2.45, 2.75) is 25.1 Å². The molecular formula is C5H8Cl2O. The fourth-order valence-electron chi connectivity index (χ4n) is 0.367. The zero-order valence-corrected chi connectivity index (χ0v) is 6.17. The third-order valence-corrected chi connectivity index (χ3v) is 1.58. The Morgan fingerprint density at radius 3 is 2.38 bits per heavy atom. The van der Waals surface area contributed by atoms with Crippen molar-refractivity contribution in [1.29, 1.82) is 0 Å². The summed E-state index contributed by atoms with van der Waals surface area (Å²) in [6.07, 6.45) is 1.57. The molecule has 0 rings (SSSR count). The molecular weight excluding hydrogens is 147 g/mol. The Labute approximate surface area is 59.0 Å². The van der Waals surface area contributed by atoms with Crippen molar-refractivity contribution in [2.24, 2.45) is 0 Å². The molecule has 0 bridgehead atoms. The summed E-state index contributed by atoms with van der Waals surface area (Å²) in [6, 6.07) is 0. The number of carbonyl (C=O) groups excluding carboxylic acids is 1. The lowest BCUT2D eigenvalue weighted by Gasteiger charge is -1.97. The van der Waals surface area contributed by atoms with Crippen LogP contribution in [0.1, 0.15) is 19.8 Å². The van der Waals surface area contributed by atoms with Gasteiger partial charge in [-0.1, -0.05) is 13.3 Å². The Morgan fingerprint density at radius 1 is 1.75 bits per heavy atom. The first kappa shape index (κ1) is 8.25. The van der Waals surface area contributed by atoms with Crippen LogP contribution in [0.2, 0.25) is 0 Å². The fraction of sp³-hybridized carbons (Fsp3) is 0.800. The van der Waals surface area contributed by atoms with Crippen LogP contribution in [0.3, 0.4) is 0 Å². The highest BCUT2D eigenvalue weighted by Gasteiger charge is 2.09. The molecule has 0 aromatic rings. The molecule has 0 amide bonds. The van der Waals surface area contributed by atoms with Crippen LogP contribution < -0.4 is 0 Å². The van der Waals surface area contributed by atoms with Gasteiger partial charge >= 0.3 is 0 Å². The molecule has 0 radical (unpaired) electrons. The second kappa shape index (κ2) is 4.16. The highest BCUT2D eigenvalue weighted by Crippen LogP contribution is 2.07. The molecule has 0 spiro atoms. The van der Waals surface area contributed by atoms with Crippen molar-refractivity contribution in [1.82, 2.24) is 0 Å². The molecule has 1 nitrogen and oxygen atoms in total. The van der Waals surface area contributed by atoms with E-state index in [0.29, 0.717) is 6.42 Å². The zero-order chi connectivity index (χ0) is 6.57. The molecule has 0 heterocycles.